The van der Waals surface area contributed by atoms with Gasteiger partial charge in [-0.2, -0.15) is 0 Å². The molecule has 0 fully saturated rings. The number of rotatable bonds is 3. The monoisotopic (exact) mass is 346 g/mol. The molecule has 1 aromatic carbocycles. The summed E-state index contributed by atoms with van der Waals surface area (Å²) in [7, 11) is 0. The van der Waals surface area contributed by atoms with Crippen molar-refractivity contribution in [1.29, 1.82) is 0 Å². The van der Waals surface area contributed by atoms with Crippen LogP contribution < -0.4 is 5.32 Å². The van der Waals surface area contributed by atoms with E-state index in [9.17, 15) is 0 Å². The average molecular weight is 347 g/mol. The van der Waals surface area contributed by atoms with Crippen molar-refractivity contribution < 1.29 is 0 Å². The highest BCUT2D eigenvalue weighted by atomic mass is 79.9. The Morgan fingerprint density at radius 3 is 2.81 bits per heavy atom. The maximum absolute atomic E-state index is 5.02. The van der Waals surface area contributed by atoms with Crippen molar-refractivity contribution in [2.45, 2.75) is 52.4 Å². The van der Waals surface area contributed by atoms with Gasteiger partial charge in [0.1, 0.15) is 0 Å². The Hall–Kier alpha value is -1.09. The number of hydrogen-bond donors (Lipinski definition) is 1. The minimum absolute atomic E-state index is 1.03. The average Bonchev–Trinajstić information content (AvgIpc) is 2.73. The van der Waals surface area contributed by atoms with Crippen LogP contribution in [0, 0.1) is 6.92 Å². The lowest BCUT2D eigenvalue weighted by Crippen LogP contribution is -2.08. The van der Waals surface area contributed by atoms with Crippen LogP contribution in [0.15, 0.2) is 16.6 Å². The fraction of sp³-hybridized carbons (Fsp3) is 0.500. The number of aromatic nitrogens is 1. The Balaban J connectivity index is 2.29. The molecular formula is C18H23BrN2. The van der Waals surface area contributed by atoms with E-state index < -0.39 is 0 Å². The van der Waals surface area contributed by atoms with Crippen molar-refractivity contribution in [3.05, 3.63) is 33.4 Å². The zero-order valence-corrected chi connectivity index (χ0v) is 14.5. The van der Waals surface area contributed by atoms with E-state index in [0.29, 0.717) is 0 Å². The normalized spacial score (nSPS) is 14.8. The van der Waals surface area contributed by atoms with Gasteiger partial charge in [0.2, 0.25) is 0 Å². The van der Waals surface area contributed by atoms with Crippen LogP contribution in [0.5, 0.6) is 0 Å². The van der Waals surface area contributed by atoms with E-state index in [2.05, 4.69) is 47.2 Å². The molecule has 0 aliphatic heterocycles. The lowest BCUT2D eigenvalue weighted by molar-refractivity contribution is 0.709. The molecule has 0 saturated heterocycles. The van der Waals surface area contributed by atoms with Gasteiger partial charge in [0.25, 0.3) is 0 Å². The zero-order valence-electron chi connectivity index (χ0n) is 12.9. The first-order chi connectivity index (χ1) is 10.2. The minimum atomic E-state index is 1.03. The summed E-state index contributed by atoms with van der Waals surface area (Å²) in [5.41, 5.74) is 6.55. The summed E-state index contributed by atoms with van der Waals surface area (Å²) in [6.07, 6.45) is 7.30. The summed E-state index contributed by atoms with van der Waals surface area (Å²) in [4.78, 5) is 5.02. The predicted octanol–water partition coefficient (Wildman–Crippen LogP) is 5.40. The first-order valence-corrected chi connectivity index (χ1v) is 8.86. The van der Waals surface area contributed by atoms with Gasteiger partial charge in [-0.3, -0.25) is 4.98 Å². The first-order valence-electron chi connectivity index (χ1n) is 8.06. The van der Waals surface area contributed by atoms with Crippen LogP contribution in [0.1, 0.15) is 49.4 Å². The third kappa shape index (κ3) is 2.80. The van der Waals surface area contributed by atoms with Crippen LogP contribution in [0.25, 0.3) is 10.9 Å². The number of nitrogens with one attached hydrogen (secondary N) is 1. The molecular weight excluding hydrogens is 324 g/mol. The highest BCUT2D eigenvalue weighted by molar-refractivity contribution is 9.10. The summed E-state index contributed by atoms with van der Waals surface area (Å²) in [5, 5.41) is 5.00. The zero-order chi connectivity index (χ0) is 14.8. The summed E-state index contributed by atoms with van der Waals surface area (Å²) in [6, 6.07) is 4.31. The molecule has 1 heterocycles. The van der Waals surface area contributed by atoms with Crippen LogP contribution in [0.3, 0.4) is 0 Å². The summed E-state index contributed by atoms with van der Waals surface area (Å²) in [5.74, 6) is 0. The molecule has 0 saturated carbocycles. The second-order valence-corrected chi connectivity index (χ2v) is 6.84. The molecule has 112 valence electrons. The Morgan fingerprint density at radius 2 is 2.00 bits per heavy atom. The maximum Gasteiger partial charge on any atom is 0.0870 e. The predicted molar refractivity (Wildman–Crippen MR) is 94.2 cm³/mol. The smallest absolute Gasteiger partial charge is 0.0870 e. The molecule has 0 unspecified atom stereocenters. The molecule has 0 atom stereocenters. The Kier molecular flexibility index (Phi) is 4.48. The van der Waals surface area contributed by atoms with Gasteiger partial charge >= 0.3 is 0 Å². The summed E-state index contributed by atoms with van der Waals surface area (Å²) in [6.45, 7) is 5.44. The Morgan fingerprint density at radius 1 is 1.19 bits per heavy atom. The molecule has 1 aromatic heterocycles. The summed E-state index contributed by atoms with van der Waals surface area (Å²) >= 11 is 3.69. The van der Waals surface area contributed by atoms with Gasteiger partial charge in [0, 0.05) is 27.8 Å². The molecule has 3 heteroatoms. The lowest BCUT2D eigenvalue weighted by Gasteiger charge is -2.19. The Labute approximate surface area is 135 Å². The molecule has 0 radical (unpaired) electrons. The molecule has 0 spiro atoms. The number of aryl methyl sites for hydroxylation is 2. The van der Waals surface area contributed by atoms with Crippen LogP contribution in [0.2, 0.25) is 0 Å². The minimum Gasteiger partial charge on any atom is -0.384 e. The number of hydrogen-bond acceptors (Lipinski definition) is 2. The van der Waals surface area contributed by atoms with Crippen LogP contribution in [0.4, 0.5) is 5.69 Å². The van der Waals surface area contributed by atoms with Gasteiger partial charge in [0.15, 0.2) is 0 Å². The molecule has 1 N–H and O–H groups in total. The van der Waals surface area contributed by atoms with Crippen molar-refractivity contribution >= 4 is 32.5 Å². The molecule has 1 aliphatic rings. The van der Waals surface area contributed by atoms with Crippen molar-refractivity contribution in [2.75, 3.05) is 11.9 Å². The fourth-order valence-corrected chi connectivity index (χ4v) is 3.70. The highest BCUT2D eigenvalue weighted by Crippen LogP contribution is 2.37. The molecule has 2 nitrogen and oxygen atoms in total. The number of halogens is 1. The van der Waals surface area contributed by atoms with Crippen molar-refractivity contribution in [1.82, 2.24) is 4.98 Å². The molecule has 0 amide bonds. The third-order valence-corrected chi connectivity index (χ3v) is 5.02. The number of pyridine rings is 1. The molecule has 1 aliphatic carbocycles. The fourth-order valence-electron chi connectivity index (χ4n) is 3.28. The quantitative estimate of drug-likeness (QED) is 0.753. The van der Waals surface area contributed by atoms with Crippen molar-refractivity contribution in [3.63, 3.8) is 0 Å². The van der Waals surface area contributed by atoms with E-state index in [1.54, 1.807) is 0 Å². The maximum atomic E-state index is 5.02. The van der Waals surface area contributed by atoms with Crippen LogP contribution in [-0.4, -0.2) is 11.5 Å². The summed E-state index contributed by atoms with van der Waals surface area (Å²) < 4.78 is 1.11. The van der Waals surface area contributed by atoms with E-state index in [1.807, 2.05) is 0 Å². The van der Waals surface area contributed by atoms with Crippen molar-refractivity contribution in [2.24, 2.45) is 0 Å². The van der Waals surface area contributed by atoms with Crippen molar-refractivity contribution in [3.8, 4) is 0 Å². The first kappa shape index (κ1) is 14.8. The van der Waals surface area contributed by atoms with Gasteiger partial charge in [-0.15, -0.1) is 0 Å². The number of nitrogens with zero attached hydrogens (tertiary/aromatic N) is 1. The highest BCUT2D eigenvalue weighted by Gasteiger charge is 2.19. The van der Waals surface area contributed by atoms with E-state index in [-0.39, 0.29) is 0 Å². The van der Waals surface area contributed by atoms with Crippen LogP contribution in [-0.2, 0) is 12.8 Å². The molecule has 21 heavy (non-hydrogen) atoms. The van der Waals surface area contributed by atoms with Gasteiger partial charge < -0.3 is 5.32 Å². The van der Waals surface area contributed by atoms with Gasteiger partial charge in [-0.1, -0.05) is 19.4 Å². The van der Waals surface area contributed by atoms with E-state index >= 15 is 0 Å². The second kappa shape index (κ2) is 6.35. The number of fused-ring (bicyclic) bond motifs is 2. The van der Waals surface area contributed by atoms with E-state index in [1.165, 1.54) is 47.2 Å². The number of benzene rings is 1. The number of anilines is 1. The van der Waals surface area contributed by atoms with Crippen LogP contribution >= 0.6 is 15.9 Å². The molecule has 0 bridgehead atoms. The largest absolute Gasteiger partial charge is 0.384 e. The van der Waals surface area contributed by atoms with E-state index in [0.717, 1.165) is 35.8 Å². The SMILES string of the molecule is CCCNc1c2c(nc3c(Br)ccc(C)c13)CCCCC2. The van der Waals surface area contributed by atoms with Gasteiger partial charge in [-0.25, -0.2) is 0 Å². The molecule has 3 rings (SSSR count). The van der Waals surface area contributed by atoms with Gasteiger partial charge in [0.05, 0.1) is 5.52 Å². The van der Waals surface area contributed by atoms with E-state index in [4.69, 9.17) is 4.98 Å². The third-order valence-electron chi connectivity index (χ3n) is 4.38. The second-order valence-electron chi connectivity index (χ2n) is 5.99. The lowest BCUT2D eigenvalue weighted by atomic mass is 9.99. The standard InChI is InChI=1S/C18H23BrN2/c1-3-11-20-17-13-7-5-4-6-8-15(13)21-18-14(19)10-9-12(2)16(17)18/h9-10H,3-8,11H2,1-2H3,(H,20,21). The van der Waals surface area contributed by atoms with Gasteiger partial charge in [-0.05, 0) is 72.2 Å². The molecule has 2 aromatic rings. The Bertz CT molecular complexity index is 664. The topological polar surface area (TPSA) is 24.9 Å².